The Morgan fingerprint density at radius 2 is 2.19 bits per heavy atom. The van der Waals surface area contributed by atoms with E-state index in [-0.39, 0.29) is 11.6 Å². The molecule has 0 atom stereocenters. The summed E-state index contributed by atoms with van der Waals surface area (Å²) in [7, 11) is 0. The number of amides is 1. The highest BCUT2D eigenvalue weighted by Gasteiger charge is 2.14. The molecule has 0 spiro atoms. The van der Waals surface area contributed by atoms with E-state index in [0.717, 1.165) is 11.9 Å². The van der Waals surface area contributed by atoms with Crippen molar-refractivity contribution in [2.45, 2.75) is 13.3 Å². The van der Waals surface area contributed by atoms with Gasteiger partial charge in [0.25, 0.3) is 5.91 Å². The van der Waals surface area contributed by atoms with Crippen LogP contribution in [0, 0.1) is 6.92 Å². The van der Waals surface area contributed by atoms with E-state index in [2.05, 4.69) is 26.6 Å². The van der Waals surface area contributed by atoms with Crippen LogP contribution in [0.5, 0.6) is 0 Å². The van der Waals surface area contributed by atoms with Crippen LogP contribution in [0.2, 0.25) is 0 Å². The molecule has 0 bridgehead atoms. The van der Waals surface area contributed by atoms with Gasteiger partial charge in [-0.05, 0) is 25.0 Å². The van der Waals surface area contributed by atoms with Crippen LogP contribution in [0.1, 0.15) is 21.7 Å². The average molecular weight is 283 g/mol. The van der Waals surface area contributed by atoms with Crippen molar-refractivity contribution < 1.29 is 4.79 Å². The number of fused-ring (bicyclic) bond motifs is 1. The van der Waals surface area contributed by atoms with E-state index in [4.69, 9.17) is 5.73 Å². The Morgan fingerprint density at radius 3 is 2.95 bits per heavy atom. The van der Waals surface area contributed by atoms with Crippen molar-refractivity contribution in [2.75, 3.05) is 12.3 Å². The molecular weight excluding hydrogens is 266 g/mol. The molecule has 0 saturated carbocycles. The second-order valence-corrected chi connectivity index (χ2v) is 4.98. The number of carbonyl (C=O) groups is 1. The van der Waals surface area contributed by atoms with E-state index in [0.29, 0.717) is 17.9 Å². The summed E-state index contributed by atoms with van der Waals surface area (Å²) in [4.78, 5) is 15.2. The van der Waals surface area contributed by atoms with Gasteiger partial charge in [-0.1, -0.05) is 18.2 Å². The number of benzene rings is 1. The molecule has 2 heterocycles. The fraction of sp³-hybridized carbons (Fsp3) is 0.200. The van der Waals surface area contributed by atoms with Gasteiger partial charge in [0.2, 0.25) is 0 Å². The maximum atomic E-state index is 12.0. The number of hydrogen-bond acceptors (Lipinski definition) is 3. The molecular formula is C15H17N5O. The Labute approximate surface area is 121 Å². The van der Waals surface area contributed by atoms with Crippen molar-refractivity contribution >= 4 is 22.5 Å². The first-order valence-electron chi connectivity index (χ1n) is 6.80. The molecule has 0 fully saturated rings. The smallest absolute Gasteiger partial charge is 0.273 e. The maximum Gasteiger partial charge on any atom is 0.273 e. The number of nitrogen functional groups attached to an aromatic ring is 1. The van der Waals surface area contributed by atoms with E-state index >= 15 is 0 Å². The summed E-state index contributed by atoms with van der Waals surface area (Å²) in [5.41, 5.74) is 9.43. The third kappa shape index (κ3) is 2.47. The first-order valence-corrected chi connectivity index (χ1v) is 6.80. The number of anilines is 1. The zero-order valence-corrected chi connectivity index (χ0v) is 11.7. The predicted molar refractivity (Wildman–Crippen MR) is 82.1 cm³/mol. The molecule has 1 aromatic carbocycles. The number of nitrogens with one attached hydrogen (secondary N) is 3. The molecule has 0 unspecified atom stereocenters. The number of rotatable bonds is 4. The molecule has 108 valence electrons. The Hall–Kier alpha value is -2.76. The van der Waals surface area contributed by atoms with Crippen molar-refractivity contribution in [2.24, 2.45) is 0 Å². The number of hydrogen-bond donors (Lipinski definition) is 4. The average Bonchev–Trinajstić information content (AvgIpc) is 3.04. The summed E-state index contributed by atoms with van der Waals surface area (Å²) in [6, 6.07) is 8.10. The van der Waals surface area contributed by atoms with E-state index in [9.17, 15) is 4.79 Å². The number of H-pyrrole nitrogens is 2. The molecule has 0 aliphatic heterocycles. The first kappa shape index (κ1) is 13.2. The van der Waals surface area contributed by atoms with E-state index in [1.165, 1.54) is 10.9 Å². The monoisotopic (exact) mass is 283 g/mol. The van der Waals surface area contributed by atoms with Gasteiger partial charge in [0.15, 0.2) is 5.69 Å². The molecule has 5 N–H and O–H groups in total. The van der Waals surface area contributed by atoms with E-state index < -0.39 is 0 Å². The van der Waals surface area contributed by atoms with E-state index in [1.807, 2.05) is 24.4 Å². The fourth-order valence-electron chi connectivity index (χ4n) is 2.34. The molecule has 1 amide bonds. The first-order chi connectivity index (χ1) is 10.2. The Balaban J connectivity index is 1.64. The Morgan fingerprint density at radius 1 is 1.38 bits per heavy atom. The molecule has 21 heavy (non-hydrogen) atoms. The molecule has 0 saturated heterocycles. The minimum Gasteiger partial charge on any atom is -0.395 e. The topological polar surface area (TPSA) is 99.6 Å². The van der Waals surface area contributed by atoms with Gasteiger partial charge in [-0.25, -0.2) is 0 Å². The van der Waals surface area contributed by atoms with Crippen LogP contribution >= 0.6 is 0 Å². The lowest BCUT2D eigenvalue weighted by Gasteiger charge is -2.03. The Kier molecular flexibility index (Phi) is 3.35. The Bertz CT molecular complexity index is 786. The zero-order valence-electron chi connectivity index (χ0n) is 11.7. The van der Waals surface area contributed by atoms with Gasteiger partial charge < -0.3 is 16.0 Å². The third-order valence-electron chi connectivity index (χ3n) is 3.56. The van der Waals surface area contributed by atoms with Crippen LogP contribution in [0.25, 0.3) is 10.9 Å². The predicted octanol–water partition coefficient (Wildman–Crippen LogP) is 1.75. The zero-order chi connectivity index (χ0) is 14.8. The van der Waals surface area contributed by atoms with Crippen LogP contribution < -0.4 is 11.1 Å². The number of aromatic nitrogens is 3. The van der Waals surface area contributed by atoms with Gasteiger partial charge >= 0.3 is 0 Å². The molecule has 6 nitrogen and oxygen atoms in total. The lowest BCUT2D eigenvalue weighted by Crippen LogP contribution is -2.26. The van der Waals surface area contributed by atoms with Crippen LogP contribution in [0.4, 0.5) is 5.69 Å². The van der Waals surface area contributed by atoms with Gasteiger partial charge in [-0.15, -0.1) is 0 Å². The molecule has 0 aliphatic carbocycles. The van der Waals surface area contributed by atoms with Crippen LogP contribution in [0.15, 0.2) is 30.5 Å². The standard InChI is InChI=1S/C15H17N5O/c1-9-13(16)14(20-19-9)15(21)17-7-6-10-8-18-12-5-3-2-4-11(10)12/h2-5,8,18H,6-7,16H2,1H3,(H,17,21)(H,19,20). The normalized spacial score (nSPS) is 10.9. The number of carbonyl (C=O) groups excluding carboxylic acids is 1. The van der Waals surface area contributed by atoms with Crippen molar-refractivity contribution in [1.29, 1.82) is 0 Å². The largest absolute Gasteiger partial charge is 0.395 e. The highest BCUT2D eigenvalue weighted by atomic mass is 16.1. The summed E-state index contributed by atoms with van der Waals surface area (Å²) < 4.78 is 0. The van der Waals surface area contributed by atoms with Crippen LogP contribution in [-0.2, 0) is 6.42 Å². The number of para-hydroxylation sites is 1. The van der Waals surface area contributed by atoms with Gasteiger partial charge in [0.1, 0.15) is 0 Å². The minimum atomic E-state index is -0.253. The summed E-state index contributed by atoms with van der Waals surface area (Å²) in [6.45, 7) is 2.32. The van der Waals surface area contributed by atoms with Crippen molar-refractivity contribution in [1.82, 2.24) is 20.5 Å². The summed E-state index contributed by atoms with van der Waals surface area (Å²) in [5, 5.41) is 10.6. The fourth-order valence-corrected chi connectivity index (χ4v) is 2.34. The maximum absolute atomic E-state index is 12.0. The van der Waals surface area contributed by atoms with Gasteiger partial charge in [-0.3, -0.25) is 9.89 Å². The van der Waals surface area contributed by atoms with E-state index in [1.54, 1.807) is 6.92 Å². The van der Waals surface area contributed by atoms with Gasteiger partial charge in [-0.2, -0.15) is 5.10 Å². The molecule has 6 heteroatoms. The second-order valence-electron chi connectivity index (χ2n) is 4.98. The third-order valence-corrected chi connectivity index (χ3v) is 3.56. The van der Waals surface area contributed by atoms with Gasteiger partial charge in [0, 0.05) is 23.6 Å². The number of nitrogens with zero attached hydrogens (tertiary/aromatic N) is 1. The lowest BCUT2D eigenvalue weighted by atomic mass is 10.1. The van der Waals surface area contributed by atoms with Crippen LogP contribution in [-0.4, -0.2) is 27.6 Å². The quantitative estimate of drug-likeness (QED) is 0.587. The summed E-state index contributed by atoms with van der Waals surface area (Å²) in [6.07, 6.45) is 2.73. The van der Waals surface area contributed by atoms with Crippen molar-refractivity contribution in [3.05, 3.63) is 47.4 Å². The molecule has 3 rings (SSSR count). The number of aryl methyl sites for hydroxylation is 1. The minimum absolute atomic E-state index is 0.253. The summed E-state index contributed by atoms with van der Waals surface area (Å²) in [5.74, 6) is -0.253. The molecule has 2 aromatic heterocycles. The molecule has 0 aliphatic rings. The van der Waals surface area contributed by atoms with Gasteiger partial charge in [0.05, 0.1) is 11.4 Å². The van der Waals surface area contributed by atoms with Crippen molar-refractivity contribution in [3.63, 3.8) is 0 Å². The lowest BCUT2D eigenvalue weighted by molar-refractivity contribution is 0.0950. The highest BCUT2D eigenvalue weighted by molar-refractivity contribution is 5.97. The SMILES string of the molecule is Cc1[nH]nc(C(=O)NCCc2c[nH]c3ccccc23)c1N. The molecule has 0 radical (unpaired) electrons. The second kappa shape index (κ2) is 5.32. The van der Waals surface area contributed by atoms with Crippen molar-refractivity contribution in [3.8, 4) is 0 Å². The summed E-state index contributed by atoms with van der Waals surface area (Å²) >= 11 is 0. The van der Waals surface area contributed by atoms with Crippen LogP contribution in [0.3, 0.4) is 0 Å². The number of aromatic amines is 2. The number of nitrogens with two attached hydrogens (primary N) is 1. The molecule has 3 aromatic rings. The highest BCUT2D eigenvalue weighted by Crippen LogP contribution is 2.18.